The summed E-state index contributed by atoms with van der Waals surface area (Å²) in [4.78, 5) is 1.14. The average molecular weight is 258 g/mol. The molecule has 0 spiro atoms. The number of aromatic nitrogens is 3. The van der Waals surface area contributed by atoms with Crippen LogP contribution in [0.3, 0.4) is 0 Å². The van der Waals surface area contributed by atoms with Crippen molar-refractivity contribution < 1.29 is 9.84 Å². The van der Waals surface area contributed by atoms with Gasteiger partial charge in [-0.15, -0.1) is 11.3 Å². The number of ether oxygens (including phenoxy) is 1. The van der Waals surface area contributed by atoms with E-state index in [9.17, 15) is 0 Å². The number of aromatic amines is 2. The first-order chi connectivity index (χ1) is 8.88. The van der Waals surface area contributed by atoms with E-state index in [-0.39, 0.29) is 0 Å². The fraction of sp³-hybridized carbons (Fsp3) is 0.0769. The number of H-pyrrole nitrogens is 2. The first-order valence-corrected chi connectivity index (χ1v) is 6.41. The SMILES string of the molecule is COc1ccc(-c2[nH+][nH]nc2-c2cccs2)cc1. The molecule has 0 radical (unpaired) electrons. The lowest BCUT2D eigenvalue weighted by Gasteiger charge is -1.99. The predicted octanol–water partition coefficient (Wildman–Crippen LogP) is 2.63. The molecule has 90 valence electrons. The van der Waals surface area contributed by atoms with Gasteiger partial charge in [0.25, 0.3) is 5.69 Å². The molecular formula is C13H12N3OS+. The standard InChI is InChI=1S/C13H11N3OS/c1-17-10-6-4-9(5-7-10)12-13(15-16-14-12)11-3-2-8-18-11/h2-8H,1H3,(H,14,15,16)/p+1. The Morgan fingerprint density at radius 1 is 1.22 bits per heavy atom. The van der Waals surface area contributed by atoms with Crippen molar-refractivity contribution in [2.24, 2.45) is 0 Å². The summed E-state index contributed by atoms with van der Waals surface area (Å²) in [7, 11) is 1.66. The third kappa shape index (κ3) is 1.89. The number of hydrogen-bond acceptors (Lipinski definition) is 3. The molecule has 0 aliphatic rings. The topological polar surface area (TPSA) is 52.0 Å². The zero-order valence-corrected chi connectivity index (χ0v) is 10.6. The molecule has 0 aliphatic heterocycles. The number of nitrogens with zero attached hydrogens (tertiary/aromatic N) is 1. The Balaban J connectivity index is 2.04. The second-order valence-corrected chi connectivity index (χ2v) is 4.73. The Bertz CT molecular complexity index is 629. The summed E-state index contributed by atoms with van der Waals surface area (Å²) in [6.45, 7) is 0. The van der Waals surface area contributed by atoms with Crippen LogP contribution in [0.15, 0.2) is 41.8 Å². The van der Waals surface area contributed by atoms with E-state index in [4.69, 9.17) is 4.74 Å². The van der Waals surface area contributed by atoms with Crippen molar-refractivity contribution in [2.45, 2.75) is 0 Å². The average Bonchev–Trinajstić information content (AvgIpc) is 3.09. The monoisotopic (exact) mass is 258 g/mol. The van der Waals surface area contributed by atoms with Crippen LogP contribution < -0.4 is 9.84 Å². The number of methoxy groups -OCH3 is 1. The fourth-order valence-electron chi connectivity index (χ4n) is 1.81. The lowest BCUT2D eigenvalue weighted by molar-refractivity contribution is -0.443. The van der Waals surface area contributed by atoms with Gasteiger partial charge in [-0.2, -0.15) is 5.10 Å². The van der Waals surface area contributed by atoms with Gasteiger partial charge in [-0.1, -0.05) is 11.3 Å². The molecule has 1 aromatic carbocycles. The lowest BCUT2D eigenvalue weighted by Crippen LogP contribution is -2.05. The maximum atomic E-state index is 5.16. The zero-order chi connectivity index (χ0) is 12.4. The van der Waals surface area contributed by atoms with Crippen LogP contribution in [0.2, 0.25) is 0 Å². The zero-order valence-electron chi connectivity index (χ0n) is 9.81. The van der Waals surface area contributed by atoms with Crippen LogP contribution in [0, 0.1) is 0 Å². The molecule has 0 aliphatic carbocycles. The summed E-state index contributed by atoms with van der Waals surface area (Å²) >= 11 is 1.67. The highest BCUT2D eigenvalue weighted by molar-refractivity contribution is 7.13. The Hall–Kier alpha value is -2.14. The minimum Gasteiger partial charge on any atom is -0.497 e. The first-order valence-electron chi connectivity index (χ1n) is 5.53. The molecule has 0 unspecified atom stereocenters. The molecule has 0 bridgehead atoms. The minimum atomic E-state index is 0.847. The van der Waals surface area contributed by atoms with Gasteiger partial charge in [-0.05, 0) is 35.7 Å². The number of benzene rings is 1. The van der Waals surface area contributed by atoms with Crippen molar-refractivity contribution in [2.75, 3.05) is 7.11 Å². The van der Waals surface area contributed by atoms with Crippen molar-refractivity contribution in [3.63, 3.8) is 0 Å². The number of hydrogen-bond donors (Lipinski definition) is 1. The maximum Gasteiger partial charge on any atom is 0.266 e. The Morgan fingerprint density at radius 3 is 2.72 bits per heavy atom. The molecule has 3 rings (SSSR count). The van der Waals surface area contributed by atoms with Crippen molar-refractivity contribution in [3.8, 4) is 27.6 Å². The Labute approximate surface area is 108 Å². The van der Waals surface area contributed by atoms with Gasteiger partial charge in [-0.25, -0.2) is 0 Å². The van der Waals surface area contributed by atoms with Crippen molar-refractivity contribution >= 4 is 11.3 Å². The van der Waals surface area contributed by atoms with E-state index in [0.29, 0.717) is 0 Å². The van der Waals surface area contributed by atoms with E-state index >= 15 is 0 Å². The molecule has 0 saturated heterocycles. The molecule has 2 N–H and O–H groups in total. The van der Waals surface area contributed by atoms with Gasteiger partial charge in [-0.3, -0.25) is 0 Å². The number of thiophene rings is 1. The highest BCUT2D eigenvalue weighted by Gasteiger charge is 2.19. The molecule has 2 aromatic heterocycles. The summed E-state index contributed by atoms with van der Waals surface area (Å²) < 4.78 is 5.16. The molecule has 3 aromatic rings. The van der Waals surface area contributed by atoms with E-state index in [1.165, 1.54) is 0 Å². The van der Waals surface area contributed by atoms with E-state index < -0.39 is 0 Å². The molecule has 0 atom stereocenters. The third-order valence-electron chi connectivity index (χ3n) is 2.72. The van der Waals surface area contributed by atoms with E-state index in [1.54, 1.807) is 18.4 Å². The molecule has 5 heteroatoms. The summed E-state index contributed by atoms with van der Waals surface area (Å²) in [5.41, 5.74) is 3.00. The predicted molar refractivity (Wildman–Crippen MR) is 70.4 cm³/mol. The van der Waals surface area contributed by atoms with Crippen molar-refractivity contribution in [3.05, 3.63) is 41.8 Å². The van der Waals surface area contributed by atoms with Gasteiger partial charge in [0, 0.05) is 10.7 Å². The third-order valence-corrected chi connectivity index (χ3v) is 3.60. The lowest BCUT2D eigenvalue weighted by atomic mass is 10.1. The van der Waals surface area contributed by atoms with Crippen molar-refractivity contribution in [1.82, 2.24) is 10.3 Å². The van der Waals surface area contributed by atoms with Crippen LogP contribution >= 0.6 is 11.3 Å². The molecule has 0 amide bonds. The molecule has 18 heavy (non-hydrogen) atoms. The van der Waals surface area contributed by atoms with Crippen LogP contribution in [0.5, 0.6) is 5.75 Å². The van der Waals surface area contributed by atoms with Gasteiger partial charge in [0.15, 0.2) is 0 Å². The normalized spacial score (nSPS) is 10.5. The fourth-order valence-corrected chi connectivity index (χ4v) is 2.53. The van der Waals surface area contributed by atoms with Crippen LogP contribution in [0.25, 0.3) is 21.8 Å². The largest absolute Gasteiger partial charge is 0.497 e. The number of rotatable bonds is 3. The van der Waals surface area contributed by atoms with Crippen LogP contribution in [-0.4, -0.2) is 17.4 Å². The number of nitrogens with one attached hydrogen (secondary N) is 2. The maximum absolute atomic E-state index is 5.16. The quantitative estimate of drug-likeness (QED) is 0.785. The van der Waals surface area contributed by atoms with Gasteiger partial charge >= 0.3 is 0 Å². The Kier molecular flexibility index (Phi) is 2.82. The van der Waals surface area contributed by atoms with Gasteiger partial charge in [0.2, 0.25) is 5.69 Å². The van der Waals surface area contributed by atoms with E-state index in [1.807, 2.05) is 35.7 Å². The van der Waals surface area contributed by atoms with E-state index in [2.05, 4.69) is 21.5 Å². The molecule has 0 saturated carbocycles. The van der Waals surface area contributed by atoms with Crippen LogP contribution in [0.1, 0.15) is 0 Å². The molecule has 4 nitrogen and oxygen atoms in total. The van der Waals surface area contributed by atoms with Gasteiger partial charge in [0.05, 0.1) is 12.0 Å². The summed E-state index contributed by atoms with van der Waals surface area (Å²) in [6.07, 6.45) is 0. The smallest absolute Gasteiger partial charge is 0.266 e. The second kappa shape index (κ2) is 4.62. The minimum absolute atomic E-state index is 0.847. The van der Waals surface area contributed by atoms with Crippen LogP contribution in [0.4, 0.5) is 0 Å². The summed E-state index contributed by atoms with van der Waals surface area (Å²) in [6, 6.07) is 12.0. The van der Waals surface area contributed by atoms with Crippen molar-refractivity contribution in [1.29, 1.82) is 0 Å². The van der Waals surface area contributed by atoms with E-state index in [0.717, 1.165) is 27.6 Å². The molecule has 2 heterocycles. The highest BCUT2D eigenvalue weighted by Crippen LogP contribution is 2.30. The second-order valence-electron chi connectivity index (χ2n) is 3.78. The first kappa shape index (κ1) is 11.0. The summed E-state index contributed by atoms with van der Waals surface area (Å²) in [5.74, 6) is 0.847. The van der Waals surface area contributed by atoms with Gasteiger partial charge < -0.3 is 4.74 Å². The summed E-state index contributed by atoms with van der Waals surface area (Å²) in [5, 5.41) is 12.2. The molecule has 0 fully saturated rings. The van der Waals surface area contributed by atoms with Crippen LogP contribution in [-0.2, 0) is 0 Å². The molecular weight excluding hydrogens is 246 g/mol. The van der Waals surface area contributed by atoms with Gasteiger partial charge in [0.1, 0.15) is 5.75 Å². The highest BCUT2D eigenvalue weighted by atomic mass is 32.1. The Morgan fingerprint density at radius 2 is 2.06 bits per heavy atom.